The van der Waals surface area contributed by atoms with Gasteiger partial charge < -0.3 is 4.74 Å². The summed E-state index contributed by atoms with van der Waals surface area (Å²) >= 11 is 0. The minimum Gasteiger partial charge on any atom is -0.495 e. The van der Waals surface area contributed by atoms with Gasteiger partial charge in [0.05, 0.1) is 18.7 Å². The molecule has 0 N–H and O–H groups in total. The number of hydrogen-bond acceptors (Lipinski definition) is 3. The number of rotatable bonds is 1. The van der Waals surface area contributed by atoms with E-state index < -0.39 is 0 Å². The first-order valence-corrected chi connectivity index (χ1v) is 4.84. The van der Waals surface area contributed by atoms with Gasteiger partial charge in [0, 0.05) is 12.3 Å². The van der Waals surface area contributed by atoms with Crippen molar-refractivity contribution in [2.75, 3.05) is 7.11 Å². The molecule has 2 rings (SSSR count). The van der Waals surface area contributed by atoms with E-state index in [-0.39, 0.29) is 11.5 Å². The predicted octanol–water partition coefficient (Wildman–Crippen LogP) is 1.67. The molecule has 0 fully saturated rings. The third kappa shape index (κ3) is 1.48. The van der Waals surface area contributed by atoms with Crippen LogP contribution < -0.4 is 10.3 Å². The Morgan fingerprint density at radius 2 is 1.88 bits per heavy atom. The number of hydrogen-bond donors (Lipinski definition) is 0. The Morgan fingerprint density at radius 3 is 2.44 bits per heavy atom. The summed E-state index contributed by atoms with van der Waals surface area (Å²) in [7, 11) is 1.51. The largest absolute Gasteiger partial charge is 0.495 e. The van der Waals surface area contributed by atoms with Crippen molar-refractivity contribution >= 4 is 16.7 Å². The Morgan fingerprint density at radius 1 is 1.25 bits per heavy atom. The summed E-state index contributed by atoms with van der Waals surface area (Å²) < 4.78 is 6.22. The molecule has 4 heteroatoms. The third-order valence-electron chi connectivity index (χ3n) is 2.45. The third-order valence-corrected chi connectivity index (χ3v) is 2.45. The second-order valence-electron chi connectivity index (χ2n) is 3.44. The summed E-state index contributed by atoms with van der Waals surface area (Å²) in [5.41, 5.74) is -0.316. The average Bonchev–Trinajstić information content (AvgIpc) is 2.29. The average molecular weight is 217 g/mol. The van der Waals surface area contributed by atoms with E-state index in [1.54, 1.807) is 18.2 Å². The molecule has 0 radical (unpaired) electrons. The molecule has 0 saturated carbocycles. The van der Waals surface area contributed by atoms with Crippen molar-refractivity contribution in [2.24, 2.45) is 0 Å². The van der Waals surface area contributed by atoms with Gasteiger partial charge >= 0.3 is 0 Å². The molecule has 0 atom stereocenters. The first kappa shape index (κ1) is 10.4. The predicted molar refractivity (Wildman–Crippen MR) is 61.1 cm³/mol. The number of fused-ring (bicyclic) bond motifs is 1. The Labute approximate surface area is 92.1 Å². The maximum Gasteiger partial charge on any atom is 0.265 e. The number of benzene rings is 1. The number of aromatic nitrogens is 1. The van der Waals surface area contributed by atoms with Gasteiger partial charge in [-0.1, -0.05) is 18.2 Å². The molecule has 4 nitrogen and oxygen atoms in total. The van der Waals surface area contributed by atoms with Crippen LogP contribution in [0.25, 0.3) is 10.8 Å². The first-order chi connectivity index (χ1) is 7.65. The Hall–Kier alpha value is -2.10. The van der Waals surface area contributed by atoms with E-state index in [2.05, 4.69) is 0 Å². The van der Waals surface area contributed by atoms with Crippen LogP contribution in [0.2, 0.25) is 0 Å². The summed E-state index contributed by atoms with van der Waals surface area (Å²) in [4.78, 5) is 23.2. The fraction of sp³-hybridized carbons (Fsp3) is 0.167. The fourth-order valence-electron chi connectivity index (χ4n) is 1.66. The van der Waals surface area contributed by atoms with Gasteiger partial charge in [-0.3, -0.25) is 9.59 Å². The quantitative estimate of drug-likeness (QED) is 0.730. The molecule has 0 bridgehead atoms. The smallest absolute Gasteiger partial charge is 0.265 e. The van der Waals surface area contributed by atoms with Gasteiger partial charge in [-0.25, -0.2) is 4.57 Å². The number of methoxy groups -OCH3 is 1. The minimum atomic E-state index is -0.325. The lowest BCUT2D eigenvalue weighted by Crippen LogP contribution is -2.24. The van der Waals surface area contributed by atoms with E-state index in [9.17, 15) is 9.59 Å². The molecule has 0 saturated heterocycles. The standard InChI is InChI=1S/C12H11NO3/c1-8(14)13-7-11(16-2)9-5-3-4-6-10(9)12(13)15/h3-7H,1-2H3. The molecule has 2 aromatic rings. The normalized spacial score (nSPS) is 10.4. The highest BCUT2D eigenvalue weighted by atomic mass is 16.5. The molecule has 16 heavy (non-hydrogen) atoms. The van der Waals surface area contributed by atoms with Crippen LogP contribution in [0.4, 0.5) is 0 Å². The van der Waals surface area contributed by atoms with Crippen LogP contribution in [0, 0.1) is 0 Å². The van der Waals surface area contributed by atoms with Crippen LogP contribution in [-0.4, -0.2) is 17.6 Å². The molecule has 1 aromatic heterocycles. The van der Waals surface area contributed by atoms with Crippen LogP contribution >= 0.6 is 0 Å². The summed E-state index contributed by atoms with van der Waals surface area (Å²) in [6.07, 6.45) is 1.42. The first-order valence-electron chi connectivity index (χ1n) is 4.84. The Balaban J connectivity index is 2.94. The second kappa shape index (κ2) is 3.81. The Kier molecular flexibility index (Phi) is 2.48. The molecule has 1 heterocycles. The van der Waals surface area contributed by atoms with Crippen LogP contribution in [0.5, 0.6) is 5.75 Å². The summed E-state index contributed by atoms with van der Waals surface area (Å²) in [5.74, 6) is 0.194. The van der Waals surface area contributed by atoms with Crippen LogP contribution in [0.3, 0.4) is 0 Å². The van der Waals surface area contributed by atoms with Gasteiger partial charge in [-0.2, -0.15) is 0 Å². The van der Waals surface area contributed by atoms with Crippen LogP contribution in [0.1, 0.15) is 11.7 Å². The monoisotopic (exact) mass is 217 g/mol. The van der Waals surface area contributed by atoms with E-state index >= 15 is 0 Å². The van der Waals surface area contributed by atoms with E-state index in [1.165, 1.54) is 20.2 Å². The van der Waals surface area contributed by atoms with Crippen molar-refractivity contribution in [3.8, 4) is 5.75 Å². The van der Waals surface area contributed by atoms with E-state index in [4.69, 9.17) is 4.74 Å². The molecule has 0 aliphatic rings. The topological polar surface area (TPSA) is 48.3 Å². The molecular weight excluding hydrogens is 206 g/mol. The molecule has 0 aliphatic heterocycles. The summed E-state index contributed by atoms with van der Waals surface area (Å²) in [6, 6.07) is 7.05. The number of ether oxygens (including phenoxy) is 1. The second-order valence-corrected chi connectivity index (χ2v) is 3.44. The lowest BCUT2D eigenvalue weighted by Gasteiger charge is -2.08. The highest BCUT2D eigenvalue weighted by molar-refractivity contribution is 5.90. The molecular formula is C12H11NO3. The van der Waals surface area contributed by atoms with Gasteiger partial charge in [0.1, 0.15) is 5.75 Å². The molecule has 82 valence electrons. The zero-order valence-corrected chi connectivity index (χ0v) is 9.06. The maximum absolute atomic E-state index is 11.9. The maximum atomic E-state index is 11.9. The van der Waals surface area contributed by atoms with Crippen LogP contribution in [-0.2, 0) is 0 Å². The lowest BCUT2D eigenvalue weighted by molar-refractivity contribution is 0.0932. The van der Waals surface area contributed by atoms with Crippen molar-refractivity contribution in [2.45, 2.75) is 6.92 Å². The highest BCUT2D eigenvalue weighted by Gasteiger charge is 2.10. The summed E-state index contributed by atoms with van der Waals surface area (Å²) in [5, 5.41) is 1.20. The van der Waals surface area contributed by atoms with E-state index in [0.29, 0.717) is 16.5 Å². The number of carbonyl (C=O) groups is 1. The number of carbonyl (C=O) groups excluding carboxylic acids is 1. The van der Waals surface area contributed by atoms with Crippen molar-refractivity contribution in [1.82, 2.24) is 4.57 Å². The zero-order chi connectivity index (χ0) is 11.7. The molecule has 0 spiro atoms. The molecule has 0 unspecified atom stereocenters. The van der Waals surface area contributed by atoms with Crippen molar-refractivity contribution in [3.05, 3.63) is 40.8 Å². The zero-order valence-electron chi connectivity index (χ0n) is 9.06. The minimum absolute atomic E-state index is 0.316. The van der Waals surface area contributed by atoms with Crippen molar-refractivity contribution in [3.63, 3.8) is 0 Å². The Bertz CT molecular complexity index is 613. The highest BCUT2D eigenvalue weighted by Crippen LogP contribution is 2.21. The van der Waals surface area contributed by atoms with E-state index in [0.717, 1.165) is 4.57 Å². The molecule has 1 aromatic carbocycles. The van der Waals surface area contributed by atoms with Gasteiger partial charge in [-0.05, 0) is 6.07 Å². The van der Waals surface area contributed by atoms with Crippen molar-refractivity contribution < 1.29 is 9.53 Å². The van der Waals surface area contributed by atoms with Crippen molar-refractivity contribution in [1.29, 1.82) is 0 Å². The van der Waals surface area contributed by atoms with Gasteiger partial charge in [-0.15, -0.1) is 0 Å². The summed E-state index contributed by atoms with van der Waals surface area (Å²) in [6.45, 7) is 1.34. The SMILES string of the molecule is COc1cn(C(C)=O)c(=O)c2ccccc12. The fourth-order valence-corrected chi connectivity index (χ4v) is 1.66. The molecule has 0 aliphatic carbocycles. The van der Waals surface area contributed by atoms with Gasteiger partial charge in [0.25, 0.3) is 5.56 Å². The van der Waals surface area contributed by atoms with Crippen LogP contribution in [0.15, 0.2) is 35.3 Å². The van der Waals surface area contributed by atoms with E-state index in [1.807, 2.05) is 6.07 Å². The lowest BCUT2D eigenvalue weighted by atomic mass is 10.1. The van der Waals surface area contributed by atoms with Gasteiger partial charge in [0.15, 0.2) is 0 Å². The number of nitrogens with zero attached hydrogens (tertiary/aromatic N) is 1. The number of pyridine rings is 1. The molecule has 0 amide bonds. The van der Waals surface area contributed by atoms with Gasteiger partial charge in [0.2, 0.25) is 5.91 Å².